The number of nitrogens with two attached hydrogens (primary N) is 1. The van der Waals surface area contributed by atoms with Crippen LogP contribution >= 0.6 is 27.3 Å². The summed E-state index contributed by atoms with van der Waals surface area (Å²) in [5.74, 6) is 0. The zero-order valence-electron chi connectivity index (χ0n) is 8.72. The van der Waals surface area contributed by atoms with Crippen molar-refractivity contribution in [3.05, 3.63) is 41.0 Å². The van der Waals surface area contributed by atoms with E-state index in [1.54, 1.807) is 17.5 Å². The Hall–Kier alpha value is -1.46. The minimum absolute atomic E-state index is 0.664. The van der Waals surface area contributed by atoms with Gasteiger partial charge in [-0.2, -0.15) is 0 Å². The van der Waals surface area contributed by atoms with E-state index in [-0.39, 0.29) is 0 Å². The molecule has 0 fully saturated rings. The number of nitrogen functional groups attached to an aromatic ring is 1. The molecule has 0 radical (unpaired) electrons. The molecule has 0 atom stereocenters. The zero-order chi connectivity index (χ0) is 11.8. The number of pyridine rings is 1. The van der Waals surface area contributed by atoms with Crippen molar-refractivity contribution in [1.29, 1.82) is 0 Å². The van der Waals surface area contributed by atoms with E-state index < -0.39 is 0 Å². The van der Waals surface area contributed by atoms with Gasteiger partial charge in [-0.3, -0.25) is 4.98 Å². The van der Waals surface area contributed by atoms with Gasteiger partial charge in [0.1, 0.15) is 5.01 Å². The largest absolute Gasteiger partial charge is 0.397 e. The Morgan fingerprint density at radius 2 is 2.06 bits per heavy atom. The number of fused-ring (bicyclic) bond motifs is 1. The maximum absolute atomic E-state index is 5.61. The molecule has 0 amide bonds. The zero-order valence-corrected chi connectivity index (χ0v) is 11.1. The first kappa shape index (κ1) is 10.7. The minimum Gasteiger partial charge on any atom is -0.397 e. The summed E-state index contributed by atoms with van der Waals surface area (Å²) in [6.45, 7) is 0. The van der Waals surface area contributed by atoms with Crippen molar-refractivity contribution in [2.24, 2.45) is 0 Å². The van der Waals surface area contributed by atoms with E-state index in [2.05, 4.69) is 32.0 Å². The van der Waals surface area contributed by atoms with E-state index in [1.165, 1.54) is 0 Å². The number of anilines is 1. The lowest BCUT2D eigenvalue weighted by Crippen LogP contribution is -1.87. The average Bonchev–Trinajstić information content (AvgIpc) is 2.72. The lowest BCUT2D eigenvalue weighted by Gasteiger charge is -1.94. The molecule has 2 aromatic heterocycles. The van der Waals surface area contributed by atoms with E-state index >= 15 is 0 Å². The van der Waals surface area contributed by atoms with Crippen LogP contribution in [-0.2, 0) is 0 Å². The monoisotopic (exact) mass is 305 g/mol. The van der Waals surface area contributed by atoms with Crippen LogP contribution in [0.5, 0.6) is 0 Å². The van der Waals surface area contributed by atoms with Gasteiger partial charge in [0.15, 0.2) is 0 Å². The molecule has 2 heterocycles. The number of benzene rings is 1. The Labute approximate surface area is 110 Å². The maximum Gasteiger partial charge on any atom is 0.143 e. The van der Waals surface area contributed by atoms with Crippen molar-refractivity contribution in [1.82, 2.24) is 9.97 Å². The van der Waals surface area contributed by atoms with Gasteiger partial charge in [0.05, 0.1) is 27.8 Å². The summed E-state index contributed by atoms with van der Waals surface area (Å²) in [6, 6.07) is 9.80. The predicted molar refractivity (Wildman–Crippen MR) is 75.0 cm³/mol. The van der Waals surface area contributed by atoms with Crippen molar-refractivity contribution in [3.8, 4) is 10.7 Å². The molecule has 0 spiro atoms. The molecule has 0 bridgehead atoms. The van der Waals surface area contributed by atoms with E-state index in [9.17, 15) is 0 Å². The van der Waals surface area contributed by atoms with Crippen LogP contribution in [0.2, 0.25) is 0 Å². The van der Waals surface area contributed by atoms with Gasteiger partial charge in [0.2, 0.25) is 0 Å². The van der Waals surface area contributed by atoms with Crippen molar-refractivity contribution >= 4 is 43.2 Å². The number of hydrogen-bond acceptors (Lipinski definition) is 4. The molecule has 2 N–H and O–H groups in total. The molecular formula is C12H8BrN3S. The molecule has 84 valence electrons. The van der Waals surface area contributed by atoms with E-state index in [0.29, 0.717) is 5.69 Å². The summed E-state index contributed by atoms with van der Waals surface area (Å²) in [5.41, 5.74) is 8.12. The maximum atomic E-state index is 5.61. The van der Waals surface area contributed by atoms with Crippen LogP contribution < -0.4 is 5.73 Å². The Kier molecular flexibility index (Phi) is 2.57. The van der Waals surface area contributed by atoms with Crippen LogP contribution in [0.4, 0.5) is 5.69 Å². The third-order valence-electron chi connectivity index (χ3n) is 2.36. The standard InChI is InChI=1S/C12H8BrN3S/c13-7-1-4-11-10(5-7)16-12(17-11)9-3-2-8(14)6-15-9/h1-6H,14H2. The summed E-state index contributed by atoms with van der Waals surface area (Å²) in [5, 5.41) is 0.915. The second-order valence-electron chi connectivity index (χ2n) is 3.61. The van der Waals surface area contributed by atoms with E-state index in [1.807, 2.05) is 24.3 Å². The number of aromatic nitrogens is 2. The third-order valence-corrected chi connectivity index (χ3v) is 3.91. The van der Waals surface area contributed by atoms with Crippen LogP contribution in [0.3, 0.4) is 0 Å². The van der Waals surface area contributed by atoms with Gasteiger partial charge in [0.25, 0.3) is 0 Å². The normalized spacial score (nSPS) is 10.9. The molecule has 1 aromatic carbocycles. The van der Waals surface area contributed by atoms with Crippen molar-refractivity contribution in [3.63, 3.8) is 0 Å². The van der Waals surface area contributed by atoms with Crippen LogP contribution in [0.1, 0.15) is 0 Å². The van der Waals surface area contributed by atoms with Gasteiger partial charge in [0, 0.05) is 4.47 Å². The molecule has 5 heteroatoms. The molecule has 0 saturated carbocycles. The predicted octanol–water partition coefficient (Wildman–Crippen LogP) is 3.70. The van der Waals surface area contributed by atoms with E-state index in [4.69, 9.17) is 5.73 Å². The van der Waals surface area contributed by atoms with Gasteiger partial charge < -0.3 is 5.73 Å². The summed E-state index contributed by atoms with van der Waals surface area (Å²) in [4.78, 5) is 8.84. The van der Waals surface area contributed by atoms with Gasteiger partial charge in [-0.1, -0.05) is 15.9 Å². The van der Waals surface area contributed by atoms with Crippen LogP contribution in [0.25, 0.3) is 20.9 Å². The van der Waals surface area contributed by atoms with Gasteiger partial charge in [-0.05, 0) is 30.3 Å². The highest BCUT2D eigenvalue weighted by Crippen LogP contribution is 2.30. The van der Waals surface area contributed by atoms with Crippen molar-refractivity contribution < 1.29 is 0 Å². The van der Waals surface area contributed by atoms with Gasteiger partial charge in [-0.15, -0.1) is 11.3 Å². The molecule has 17 heavy (non-hydrogen) atoms. The first-order valence-electron chi connectivity index (χ1n) is 5.00. The van der Waals surface area contributed by atoms with Crippen LogP contribution in [-0.4, -0.2) is 9.97 Å². The summed E-state index contributed by atoms with van der Waals surface area (Å²) in [7, 11) is 0. The van der Waals surface area contributed by atoms with Gasteiger partial charge >= 0.3 is 0 Å². The fraction of sp³-hybridized carbons (Fsp3) is 0. The summed E-state index contributed by atoms with van der Waals surface area (Å²) in [6.07, 6.45) is 1.65. The lowest BCUT2D eigenvalue weighted by atomic mass is 10.3. The Morgan fingerprint density at radius 1 is 1.18 bits per heavy atom. The highest BCUT2D eigenvalue weighted by atomic mass is 79.9. The first-order chi connectivity index (χ1) is 8.22. The van der Waals surface area contributed by atoms with Crippen molar-refractivity contribution in [2.75, 3.05) is 5.73 Å². The summed E-state index contributed by atoms with van der Waals surface area (Å²) >= 11 is 5.07. The number of hydrogen-bond donors (Lipinski definition) is 1. The number of nitrogens with zero attached hydrogens (tertiary/aromatic N) is 2. The van der Waals surface area contributed by atoms with Crippen molar-refractivity contribution in [2.45, 2.75) is 0 Å². The molecule has 0 saturated heterocycles. The third kappa shape index (κ3) is 2.03. The molecule has 0 aliphatic heterocycles. The Morgan fingerprint density at radius 3 is 2.82 bits per heavy atom. The highest BCUT2D eigenvalue weighted by molar-refractivity contribution is 9.10. The molecule has 3 nitrogen and oxygen atoms in total. The second kappa shape index (κ2) is 4.09. The molecular weight excluding hydrogens is 298 g/mol. The average molecular weight is 306 g/mol. The summed E-state index contributed by atoms with van der Waals surface area (Å²) < 4.78 is 2.19. The second-order valence-corrected chi connectivity index (χ2v) is 5.55. The fourth-order valence-electron chi connectivity index (χ4n) is 1.54. The Bertz CT molecular complexity index is 676. The van der Waals surface area contributed by atoms with Gasteiger partial charge in [-0.25, -0.2) is 4.98 Å². The van der Waals surface area contributed by atoms with Crippen LogP contribution in [0, 0.1) is 0 Å². The van der Waals surface area contributed by atoms with Crippen LogP contribution in [0.15, 0.2) is 41.0 Å². The molecule has 0 aliphatic rings. The smallest absolute Gasteiger partial charge is 0.143 e. The number of rotatable bonds is 1. The molecule has 3 rings (SSSR count). The quantitative estimate of drug-likeness (QED) is 0.746. The minimum atomic E-state index is 0.664. The topological polar surface area (TPSA) is 51.8 Å². The first-order valence-corrected chi connectivity index (χ1v) is 6.61. The molecule has 0 aliphatic carbocycles. The SMILES string of the molecule is Nc1ccc(-c2nc3cc(Br)ccc3s2)nc1. The highest BCUT2D eigenvalue weighted by Gasteiger charge is 2.07. The van der Waals surface area contributed by atoms with E-state index in [0.717, 1.165) is 25.4 Å². The lowest BCUT2D eigenvalue weighted by molar-refractivity contribution is 1.31. The Balaban J connectivity index is 2.14. The number of thiazole rings is 1. The number of halogens is 1. The molecule has 0 unspecified atom stereocenters. The fourth-order valence-corrected chi connectivity index (χ4v) is 2.81. The molecule has 3 aromatic rings.